The Morgan fingerprint density at radius 1 is 1.25 bits per heavy atom. The van der Waals surface area contributed by atoms with E-state index in [9.17, 15) is 5.11 Å². The molecule has 3 heteroatoms. The summed E-state index contributed by atoms with van der Waals surface area (Å²) in [4.78, 5) is 1.39. The Hall–Kier alpha value is -0.510. The molecule has 0 spiro atoms. The van der Waals surface area contributed by atoms with Gasteiger partial charge in [-0.25, -0.2) is 0 Å². The molecule has 0 aliphatic heterocycles. The van der Waals surface area contributed by atoms with Gasteiger partial charge in [0.15, 0.2) is 0 Å². The van der Waals surface area contributed by atoms with Crippen LogP contribution in [0.15, 0.2) is 29.2 Å². The Kier molecular flexibility index (Phi) is 7.63. The number of benzene rings is 1. The van der Waals surface area contributed by atoms with Crippen molar-refractivity contribution in [2.45, 2.75) is 63.4 Å². The minimum atomic E-state index is -0.137. The minimum Gasteiger partial charge on any atom is -0.394 e. The van der Waals surface area contributed by atoms with E-state index in [1.165, 1.54) is 16.9 Å². The minimum absolute atomic E-state index is 0.137. The van der Waals surface area contributed by atoms with Crippen molar-refractivity contribution in [2.24, 2.45) is 0 Å². The van der Waals surface area contributed by atoms with Gasteiger partial charge in [-0.05, 0) is 44.1 Å². The first-order valence-corrected chi connectivity index (χ1v) is 8.52. The van der Waals surface area contributed by atoms with Gasteiger partial charge in [-0.2, -0.15) is 0 Å². The molecule has 0 heterocycles. The van der Waals surface area contributed by atoms with Crippen LogP contribution in [-0.2, 0) is 0 Å². The average Bonchev–Trinajstić information content (AvgIpc) is 2.39. The lowest BCUT2D eigenvalue weighted by Crippen LogP contribution is -2.49. The molecular formula is C17H29NOS. The number of aliphatic hydroxyl groups excluding tert-OH is 1. The van der Waals surface area contributed by atoms with Gasteiger partial charge >= 0.3 is 0 Å². The largest absolute Gasteiger partial charge is 0.394 e. The summed E-state index contributed by atoms with van der Waals surface area (Å²) >= 11 is 1.94. The van der Waals surface area contributed by atoms with Gasteiger partial charge in [-0.1, -0.05) is 38.5 Å². The molecule has 114 valence electrons. The second-order valence-corrected chi connectivity index (χ2v) is 7.23. The van der Waals surface area contributed by atoms with E-state index in [-0.39, 0.29) is 12.1 Å². The number of thioether (sulfide) groups is 1. The lowest BCUT2D eigenvalue weighted by molar-refractivity contribution is 0.154. The van der Waals surface area contributed by atoms with Gasteiger partial charge in [0.25, 0.3) is 0 Å². The lowest BCUT2D eigenvalue weighted by atomic mass is 9.95. The number of hydrogen-bond donors (Lipinski definition) is 2. The Labute approximate surface area is 128 Å². The normalized spacial score (nSPS) is 14.5. The van der Waals surface area contributed by atoms with Crippen molar-refractivity contribution in [1.82, 2.24) is 5.32 Å². The van der Waals surface area contributed by atoms with Gasteiger partial charge in [0, 0.05) is 16.5 Å². The van der Waals surface area contributed by atoms with Crippen molar-refractivity contribution in [3.8, 4) is 0 Å². The second kappa shape index (κ2) is 8.71. The first-order chi connectivity index (χ1) is 9.47. The van der Waals surface area contributed by atoms with Crippen molar-refractivity contribution in [3.63, 3.8) is 0 Å². The first-order valence-electron chi connectivity index (χ1n) is 7.54. The number of nitrogens with one attached hydrogen (secondary N) is 1. The molecule has 0 bridgehead atoms. The van der Waals surface area contributed by atoms with Crippen LogP contribution in [0.4, 0.5) is 0 Å². The summed E-state index contributed by atoms with van der Waals surface area (Å²) in [5.41, 5.74) is 1.22. The molecule has 1 atom stereocenters. The quantitative estimate of drug-likeness (QED) is 0.533. The van der Waals surface area contributed by atoms with Crippen LogP contribution in [-0.4, -0.2) is 29.0 Å². The van der Waals surface area contributed by atoms with Crippen LogP contribution < -0.4 is 5.32 Å². The van der Waals surface area contributed by atoms with E-state index in [4.69, 9.17) is 0 Å². The predicted octanol–water partition coefficient (Wildman–Crippen LogP) is 4.01. The molecule has 0 aromatic heterocycles. The van der Waals surface area contributed by atoms with Crippen LogP contribution in [0.5, 0.6) is 0 Å². The van der Waals surface area contributed by atoms with E-state index >= 15 is 0 Å². The number of hydrogen-bond acceptors (Lipinski definition) is 3. The summed E-state index contributed by atoms with van der Waals surface area (Å²) in [6.07, 6.45) is 3.36. The van der Waals surface area contributed by atoms with Gasteiger partial charge < -0.3 is 10.4 Å². The summed E-state index contributed by atoms with van der Waals surface area (Å²) in [5.74, 6) is 1.15. The van der Waals surface area contributed by atoms with E-state index in [0.29, 0.717) is 6.04 Å². The molecule has 0 fully saturated rings. The average molecular weight is 295 g/mol. The summed E-state index contributed by atoms with van der Waals surface area (Å²) in [6, 6.07) is 8.96. The maximum Gasteiger partial charge on any atom is 0.0610 e. The van der Waals surface area contributed by atoms with Crippen LogP contribution in [0.1, 0.15) is 45.6 Å². The van der Waals surface area contributed by atoms with Crippen LogP contribution >= 0.6 is 11.8 Å². The number of rotatable bonds is 9. The van der Waals surface area contributed by atoms with Crippen molar-refractivity contribution in [3.05, 3.63) is 29.8 Å². The first kappa shape index (κ1) is 17.5. The Morgan fingerprint density at radius 3 is 2.55 bits per heavy atom. The fraction of sp³-hybridized carbons (Fsp3) is 0.647. The molecule has 20 heavy (non-hydrogen) atoms. The summed E-state index contributed by atoms with van der Waals surface area (Å²) in [6.45, 7) is 8.74. The fourth-order valence-electron chi connectivity index (χ4n) is 2.41. The molecule has 0 saturated heterocycles. The topological polar surface area (TPSA) is 32.3 Å². The SMILES string of the molecule is Cc1ccccc1SCCCCC(C)(CO)NC(C)C. The summed E-state index contributed by atoms with van der Waals surface area (Å²) in [5, 5.41) is 13.0. The molecule has 0 radical (unpaired) electrons. The molecule has 2 N–H and O–H groups in total. The molecule has 1 aromatic rings. The molecule has 0 saturated carbocycles. The van der Waals surface area contributed by atoms with Crippen LogP contribution in [0.2, 0.25) is 0 Å². The molecule has 0 amide bonds. The van der Waals surface area contributed by atoms with E-state index < -0.39 is 0 Å². The Bertz CT molecular complexity index is 394. The van der Waals surface area contributed by atoms with Gasteiger partial charge in [-0.3, -0.25) is 0 Å². The Balaban J connectivity index is 2.26. The van der Waals surface area contributed by atoms with Crippen molar-refractivity contribution < 1.29 is 5.11 Å². The zero-order chi connectivity index (χ0) is 15.0. The van der Waals surface area contributed by atoms with E-state index in [1.807, 2.05) is 11.8 Å². The molecular weight excluding hydrogens is 266 g/mol. The van der Waals surface area contributed by atoms with Crippen molar-refractivity contribution in [2.75, 3.05) is 12.4 Å². The Morgan fingerprint density at radius 2 is 1.95 bits per heavy atom. The smallest absolute Gasteiger partial charge is 0.0610 e. The highest BCUT2D eigenvalue weighted by Crippen LogP contribution is 2.24. The van der Waals surface area contributed by atoms with Crippen molar-refractivity contribution in [1.29, 1.82) is 0 Å². The zero-order valence-electron chi connectivity index (χ0n) is 13.3. The highest BCUT2D eigenvalue weighted by Gasteiger charge is 2.22. The number of aryl methyl sites for hydroxylation is 1. The third-order valence-corrected chi connectivity index (χ3v) is 4.72. The summed E-state index contributed by atoms with van der Waals surface area (Å²) < 4.78 is 0. The van der Waals surface area contributed by atoms with Gasteiger partial charge in [-0.15, -0.1) is 11.8 Å². The van der Waals surface area contributed by atoms with Gasteiger partial charge in [0.05, 0.1) is 6.61 Å². The highest BCUT2D eigenvalue weighted by molar-refractivity contribution is 7.99. The lowest BCUT2D eigenvalue weighted by Gasteiger charge is -2.31. The maximum atomic E-state index is 9.54. The second-order valence-electron chi connectivity index (χ2n) is 6.09. The zero-order valence-corrected chi connectivity index (χ0v) is 14.1. The molecule has 1 aromatic carbocycles. The van der Waals surface area contributed by atoms with Crippen LogP contribution in [0, 0.1) is 6.92 Å². The number of aliphatic hydroxyl groups is 1. The monoisotopic (exact) mass is 295 g/mol. The van der Waals surface area contributed by atoms with E-state index in [2.05, 4.69) is 57.3 Å². The number of unbranched alkanes of at least 4 members (excludes halogenated alkanes) is 1. The molecule has 0 aliphatic carbocycles. The summed E-state index contributed by atoms with van der Waals surface area (Å²) in [7, 11) is 0. The van der Waals surface area contributed by atoms with E-state index in [0.717, 1.165) is 18.6 Å². The van der Waals surface area contributed by atoms with Gasteiger partial charge in [0.1, 0.15) is 0 Å². The molecule has 2 nitrogen and oxygen atoms in total. The van der Waals surface area contributed by atoms with Crippen LogP contribution in [0.3, 0.4) is 0 Å². The third kappa shape index (κ3) is 6.29. The third-order valence-electron chi connectivity index (χ3n) is 3.46. The maximum absolute atomic E-state index is 9.54. The molecule has 0 aliphatic rings. The molecule has 1 unspecified atom stereocenters. The van der Waals surface area contributed by atoms with E-state index in [1.54, 1.807) is 0 Å². The predicted molar refractivity (Wildman–Crippen MR) is 89.5 cm³/mol. The van der Waals surface area contributed by atoms with Crippen LogP contribution in [0.25, 0.3) is 0 Å². The highest BCUT2D eigenvalue weighted by atomic mass is 32.2. The molecule has 1 rings (SSSR count). The fourth-order valence-corrected chi connectivity index (χ4v) is 3.45. The van der Waals surface area contributed by atoms with Crippen molar-refractivity contribution >= 4 is 11.8 Å². The van der Waals surface area contributed by atoms with Gasteiger partial charge in [0.2, 0.25) is 0 Å². The standard InChI is InChI=1S/C17H29NOS/c1-14(2)18-17(4,13-19)11-7-8-12-20-16-10-6-5-9-15(16)3/h5-6,9-10,14,18-19H,7-8,11-13H2,1-4H3.